The van der Waals surface area contributed by atoms with Crippen molar-refractivity contribution in [2.45, 2.75) is 6.42 Å². The number of hydrogen-bond acceptors (Lipinski definition) is 3. The quantitative estimate of drug-likeness (QED) is 0.175. The molecular weight excluding hydrogens is 774 g/mol. The Bertz CT molecular complexity index is 2620. The Balaban J connectivity index is 0.000000136. The number of H-pyrrole nitrogens is 2. The van der Waals surface area contributed by atoms with Crippen LogP contribution in [0.25, 0.3) is 57.5 Å². The summed E-state index contributed by atoms with van der Waals surface area (Å²) < 4.78 is 0. The summed E-state index contributed by atoms with van der Waals surface area (Å²) in [6, 6.07) is 65.0. The van der Waals surface area contributed by atoms with Crippen LogP contribution in [0.2, 0.25) is 0 Å². The summed E-state index contributed by atoms with van der Waals surface area (Å²) in [5, 5.41) is 0. The summed E-state index contributed by atoms with van der Waals surface area (Å²) in [5.41, 5.74) is 17.1. The minimum absolute atomic E-state index is 0. The molecule has 7 heteroatoms. The molecule has 5 nitrogen and oxygen atoms in total. The topological polar surface area (TPSA) is 60.6 Å². The van der Waals surface area contributed by atoms with Crippen molar-refractivity contribution < 1.29 is 17.1 Å². The number of aromatic nitrogens is 4. The number of anilines is 3. The Hall–Kier alpha value is -6.76. The molecule has 11 rings (SSSR count). The molecule has 0 unspecified atom stereocenters. The molecule has 8 bridgehead atoms. The van der Waals surface area contributed by atoms with Gasteiger partial charge < -0.3 is 14.9 Å². The third-order valence-electron chi connectivity index (χ3n) is 9.79. The van der Waals surface area contributed by atoms with Crippen molar-refractivity contribution >= 4 is 74.4 Å². The van der Waals surface area contributed by atoms with Gasteiger partial charge in [-0.1, -0.05) is 103 Å². The standard InChI is InChI=1S/C20H14N4.C18H15N.C13H10.Cu.Si/c1-2-14-10-16-5-6-18(23-16)12-20-8-7-19(24-20)11-17-4-3-15(22-17)9-13(1)21-14;1-4-10-16(11-5-1)19(17-12-6-2-7-13-17)18-14-8-3-9-15-18;1-3-7-12-10(5-1)9-11-6-2-4-8-13(11)12;;/h1-12,21-22H;1-15H;1-8H,9H2;;. The zero-order valence-electron chi connectivity index (χ0n) is 31.6. The zero-order valence-corrected chi connectivity index (χ0v) is 33.5. The van der Waals surface area contributed by atoms with Crippen molar-refractivity contribution in [3.05, 3.63) is 222 Å². The van der Waals surface area contributed by atoms with Crippen molar-refractivity contribution in [3.8, 4) is 11.1 Å². The van der Waals surface area contributed by atoms with E-state index in [4.69, 9.17) is 0 Å². The normalized spacial score (nSPS) is 11.3. The van der Waals surface area contributed by atoms with Crippen LogP contribution in [0, 0.1) is 0 Å². The summed E-state index contributed by atoms with van der Waals surface area (Å²) >= 11 is 0. The zero-order chi connectivity index (χ0) is 37.5. The number of rotatable bonds is 3. The Morgan fingerprint density at radius 3 is 1.09 bits per heavy atom. The molecule has 0 fully saturated rings. The first kappa shape index (κ1) is 39.5. The van der Waals surface area contributed by atoms with Crippen LogP contribution in [0.4, 0.5) is 17.1 Å². The molecule has 58 heavy (non-hydrogen) atoms. The van der Waals surface area contributed by atoms with Gasteiger partial charge in [0.05, 0.1) is 22.8 Å². The maximum absolute atomic E-state index is 4.62. The average Bonchev–Trinajstić information content (AvgIpc) is 4.11. The van der Waals surface area contributed by atoms with Gasteiger partial charge in [0.25, 0.3) is 0 Å². The van der Waals surface area contributed by atoms with Gasteiger partial charge in [0.1, 0.15) is 0 Å². The number of hydrogen-bond donors (Lipinski definition) is 2. The maximum atomic E-state index is 4.62. The van der Waals surface area contributed by atoms with E-state index in [-0.39, 0.29) is 28.0 Å². The number of fused-ring (bicyclic) bond motifs is 11. The number of nitrogens with zero attached hydrogens (tertiary/aromatic N) is 3. The van der Waals surface area contributed by atoms with Gasteiger partial charge in [-0.2, -0.15) is 0 Å². The Morgan fingerprint density at radius 1 is 0.362 bits per heavy atom. The largest absolute Gasteiger partial charge is 0.355 e. The minimum atomic E-state index is 0. The molecule has 3 aliphatic rings. The van der Waals surface area contributed by atoms with E-state index < -0.39 is 0 Å². The van der Waals surface area contributed by atoms with Gasteiger partial charge in [-0.05, 0) is 138 Å². The number of aromatic amines is 2. The second kappa shape index (κ2) is 18.5. The maximum Gasteiger partial charge on any atom is 0.0659 e. The molecule has 0 amide bonds. The number of nitrogens with one attached hydrogen (secondary N) is 2. The molecule has 283 valence electrons. The summed E-state index contributed by atoms with van der Waals surface area (Å²) in [7, 11) is 0. The van der Waals surface area contributed by atoms with E-state index in [0.717, 1.165) is 51.3 Å². The van der Waals surface area contributed by atoms with E-state index in [2.05, 4.69) is 176 Å². The molecule has 0 saturated heterocycles. The molecule has 0 atom stereocenters. The molecule has 5 heterocycles. The summed E-state index contributed by atoms with van der Waals surface area (Å²) in [6.45, 7) is 0. The van der Waals surface area contributed by atoms with Crippen molar-refractivity contribution in [2.24, 2.45) is 0 Å². The summed E-state index contributed by atoms with van der Waals surface area (Å²) in [5.74, 6) is 0. The summed E-state index contributed by atoms with van der Waals surface area (Å²) in [4.78, 5) is 18.3. The first-order chi connectivity index (χ1) is 27.7. The number of para-hydroxylation sites is 3. The second-order valence-electron chi connectivity index (χ2n) is 13.7. The third-order valence-corrected chi connectivity index (χ3v) is 9.79. The predicted octanol–water partition coefficient (Wildman–Crippen LogP) is 12.7. The van der Waals surface area contributed by atoms with Crippen molar-refractivity contribution in [1.82, 2.24) is 19.9 Å². The predicted molar refractivity (Wildman–Crippen MR) is 240 cm³/mol. The fourth-order valence-corrected chi connectivity index (χ4v) is 7.20. The Morgan fingerprint density at radius 2 is 0.690 bits per heavy atom. The van der Waals surface area contributed by atoms with Gasteiger partial charge >= 0.3 is 0 Å². The average molecular weight is 814 g/mol. The fraction of sp³-hybridized carbons (Fsp3) is 0.0196. The van der Waals surface area contributed by atoms with Gasteiger partial charge in [0.15, 0.2) is 0 Å². The van der Waals surface area contributed by atoms with Crippen LogP contribution in [0.5, 0.6) is 0 Å². The SMILES string of the molecule is C1=Cc2cc3ccc(cc4ccc(cc5nc(cc1n2)C=C5)[nH]4)[nH]3.[Cu].[Si].c1ccc(N(c2ccccc2)c2ccccc2)cc1.c1ccc2c(c1)Cc1ccccc1-2. The molecule has 8 aromatic rings. The minimum Gasteiger partial charge on any atom is -0.355 e. The van der Waals surface area contributed by atoms with Gasteiger partial charge in [-0.15, -0.1) is 0 Å². The van der Waals surface area contributed by atoms with Crippen LogP contribution in [0.1, 0.15) is 33.9 Å². The summed E-state index contributed by atoms with van der Waals surface area (Å²) in [6.07, 6.45) is 9.15. The van der Waals surface area contributed by atoms with Crippen LogP contribution >= 0.6 is 0 Å². The van der Waals surface area contributed by atoms with Crippen molar-refractivity contribution in [2.75, 3.05) is 4.90 Å². The van der Waals surface area contributed by atoms with E-state index in [1.54, 1.807) is 0 Å². The van der Waals surface area contributed by atoms with Gasteiger partial charge in [-0.3, -0.25) is 0 Å². The van der Waals surface area contributed by atoms with E-state index in [0.29, 0.717) is 0 Å². The molecule has 2 N–H and O–H groups in total. The third kappa shape index (κ3) is 9.26. The molecular formula is C51H39CuN5Si. The van der Waals surface area contributed by atoms with E-state index in [1.807, 2.05) is 60.7 Å². The number of benzene rings is 5. The van der Waals surface area contributed by atoms with E-state index >= 15 is 0 Å². The molecule has 5 radical (unpaired) electrons. The first-order valence-corrected chi connectivity index (χ1v) is 18.9. The van der Waals surface area contributed by atoms with Crippen LogP contribution in [-0.2, 0) is 23.5 Å². The molecule has 2 aliphatic heterocycles. The van der Waals surface area contributed by atoms with Crippen LogP contribution in [0.3, 0.4) is 0 Å². The van der Waals surface area contributed by atoms with Gasteiger partial charge in [0.2, 0.25) is 0 Å². The monoisotopic (exact) mass is 812 g/mol. The Labute approximate surface area is 354 Å². The second-order valence-corrected chi connectivity index (χ2v) is 13.7. The first-order valence-electron chi connectivity index (χ1n) is 18.9. The smallest absolute Gasteiger partial charge is 0.0659 e. The van der Waals surface area contributed by atoms with Crippen LogP contribution in [0.15, 0.2) is 188 Å². The molecule has 1 aliphatic carbocycles. The van der Waals surface area contributed by atoms with Crippen molar-refractivity contribution in [1.29, 1.82) is 0 Å². The molecule has 0 spiro atoms. The molecule has 3 aromatic heterocycles. The van der Waals surface area contributed by atoms with E-state index in [1.165, 1.54) is 39.3 Å². The van der Waals surface area contributed by atoms with Crippen LogP contribution < -0.4 is 4.90 Å². The van der Waals surface area contributed by atoms with E-state index in [9.17, 15) is 0 Å². The van der Waals surface area contributed by atoms with Gasteiger partial charge in [0, 0.05) is 67.2 Å². The van der Waals surface area contributed by atoms with Crippen LogP contribution in [-0.4, -0.2) is 30.9 Å². The molecule has 0 saturated carbocycles. The van der Waals surface area contributed by atoms with Crippen molar-refractivity contribution in [3.63, 3.8) is 0 Å². The Kier molecular flexibility index (Phi) is 12.6. The fourth-order valence-electron chi connectivity index (χ4n) is 7.20. The molecule has 5 aromatic carbocycles. The van der Waals surface area contributed by atoms with Gasteiger partial charge in [-0.25, -0.2) is 9.97 Å².